The molecule has 2 aromatic carbocycles. The molecule has 2 rings (SSSR count). The van der Waals surface area contributed by atoms with E-state index >= 15 is 0 Å². The summed E-state index contributed by atoms with van der Waals surface area (Å²) >= 11 is 3.52. The van der Waals surface area contributed by atoms with Crippen LogP contribution < -0.4 is 20.1 Å². The molecule has 0 aliphatic heterocycles. The van der Waals surface area contributed by atoms with E-state index in [4.69, 9.17) is 14.5 Å². The van der Waals surface area contributed by atoms with Gasteiger partial charge in [0, 0.05) is 6.54 Å². The molecule has 0 aliphatic carbocycles. The van der Waals surface area contributed by atoms with Crippen LogP contribution in [0, 0.1) is 0 Å². The number of rotatable bonds is 7. The van der Waals surface area contributed by atoms with Gasteiger partial charge in [-0.05, 0) is 53.0 Å². The zero-order valence-electron chi connectivity index (χ0n) is 15.7. The Labute approximate surface area is 163 Å². The molecule has 0 fully saturated rings. The zero-order chi connectivity index (χ0) is 18.9. The highest BCUT2D eigenvalue weighted by Crippen LogP contribution is 2.36. The van der Waals surface area contributed by atoms with Gasteiger partial charge in [0.1, 0.15) is 0 Å². The van der Waals surface area contributed by atoms with Gasteiger partial charge in [-0.3, -0.25) is 0 Å². The summed E-state index contributed by atoms with van der Waals surface area (Å²) in [7, 11) is 3.25. The summed E-state index contributed by atoms with van der Waals surface area (Å²) in [5.41, 5.74) is 2.24. The van der Waals surface area contributed by atoms with Crippen LogP contribution in [0.15, 0.2) is 51.9 Å². The Balaban J connectivity index is 2.15. The van der Waals surface area contributed by atoms with Crippen molar-refractivity contribution in [2.24, 2.45) is 4.99 Å². The van der Waals surface area contributed by atoms with Crippen LogP contribution in [-0.2, 0) is 6.54 Å². The predicted octanol–water partition coefficient (Wildman–Crippen LogP) is 4.28. The summed E-state index contributed by atoms with van der Waals surface area (Å²) in [5, 5.41) is 6.73. The number of nitrogens with one attached hydrogen (secondary N) is 2. The van der Waals surface area contributed by atoms with Crippen molar-refractivity contribution in [3.05, 3.63) is 58.1 Å². The van der Waals surface area contributed by atoms with E-state index in [1.165, 1.54) is 5.56 Å². The van der Waals surface area contributed by atoms with Crippen LogP contribution >= 0.6 is 15.9 Å². The Morgan fingerprint density at radius 1 is 1.15 bits per heavy atom. The maximum atomic E-state index is 5.40. The van der Waals surface area contributed by atoms with Gasteiger partial charge in [0.2, 0.25) is 0 Å². The lowest BCUT2D eigenvalue weighted by Gasteiger charge is -2.18. The predicted molar refractivity (Wildman–Crippen MR) is 110 cm³/mol. The zero-order valence-corrected chi connectivity index (χ0v) is 17.3. The lowest BCUT2D eigenvalue weighted by molar-refractivity contribution is 0.352. The van der Waals surface area contributed by atoms with E-state index < -0.39 is 0 Å². The molecule has 1 unspecified atom stereocenters. The molecule has 0 saturated carbocycles. The van der Waals surface area contributed by atoms with Crippen LogP contribution in [0.5, 0.6) is 11.5 Å². The number of guanidine groups is 1. The molecule has 26 heavy (non-hydrogen) atoms. The molecule has 2 aromatic rings. The Morgan fingerprint density at radius 3 is 2.50 bits per heavy atom. The topological polar surface area (TPSA) is 54.9 Å². The minimum Gasteiger partial charge on any atom is -0.493 e. The largest absolute Gasteiger partial charge is 0.493 e. The molecular weight excluding hydrogens is 394 g/mol. The minimum absolute atomic E-state index is 0.158. The molecule has 0 heterocycles. The molecule has 0 spiro atoms. The van der Waals surface area contributed by atoms with Crippen molar-refractivity contribution in [3.8, 4) is 11.5 Å². The molecule has 2 N–H and O–H groups in total. The Bertz CT molecular complexity index is 735. The van der Waals surface area contributed by atoms with Crippen LogP contribution in [0.4, 0.5) is 0 Å². The van der Waals surface area contributed by atoms with Crippen molar-refractivity contribution in [1.82, 2.24) is 10.6 Å². The molecule has 5 nitrogen and oxygen atoms in total. The van der Waals surface area contributed by atoms with Crippen LogP contribution in [0.25, 0.3) is 0 Å². The fourth-order valence-electron chi connectivity index (χ4n) is 2.58. The fourth-order valence-corrected chi connectivity index (χ4v) is 3.23. The van der Waals surface area contributed by atoms with Gasteiger partial charge in [-0.25, -0.2) is 4.99 Å². The van der Waals surface area contributed by atoms with E-state index in [2.05, 4.69) is 52.5 Å². The third-order valence-electron chi connectivity index (χ3n) is 3.91. The summed E-state index contributed by atoms with van der Waals surface area (Å²) in [4.78, 5) is 4.70. The summed E-state index contributed by atoms with van der Waals surface area (Å²) in [5.74, 6) is 2.14. The van der Waals surface area contributed by atoms with Gasteiger partial charge in [0.25, 0.3) is 0 Å². The van der Waals surface area contributed by atoms with E-state index in [0.717, 1.165) is 22.5 Å². The average Bonchev–Trinajstić information content (AvgIpc) is 2.66. The average molecular weight is 420 g/mol. The lowest BCUT2D eigenvalue weighted by atomic mass is 10.1. The number of nitrogens with zero attached hydrogens (tertiary/aromatic N) is 1. The van der Waals surface area contributed by atoms with E-state index in [0.29, 0.717) is 18.0 Å². The maximum Gasteiger partial charge on any atom is 0.192 e. The highest BCUT2D eigenvalue weighted by atomic mass is 79.9. The Morgan fingerprint density at radius 2 is 1.88 bits per heavy atom. The van der Waals surface area contributed by atoms with Crippen molar-refractivity contribution in [2.75, 3.05) is 20.8 Å². The number of halogens is 1. The SMILES string of the molecule is CCNC(=NCc1cc(Br)c(OC)c(OC)c1)NC(C)c1ccccc1. The second-order valence-corrected chi connectivity index (χ2v) is 6.64. The summed E-state index contributed by atoms with van der Waals surface area (Å²) in [6.45, 7) is 5.49. The van der Waals surface area contributed by atoms with E-state index in [9.17, 15) is 0 Å². The van der Waals surface area contributed by atoms with Gasteiger partial charge in [-0.1, -0.05) is 30.3 Å². The van der Waals surface area contributed by atoms with Crippen LogP contribution in [0.1, 0.15) is 31.0 Å². The van der Waals surface area contributed by atoms with Gasteiger partial charge in [-0.15, -0.1) is 0 Å². The molecular formula is C20H26BrN3O2. The van der Waals surface area contributed by atoms with Gasteiger partial charge in [0.05, 0.1) is 31.3 Å². The molecule has 0 aliphatic rings. The van der Waals surface area contributed by atoms with Crippen molar-refractivity contribution in [2.45, 2.75) is 26.4 Å². The van der Waals surface area contributed by atoms with Crippen molar-refractivity contribution < 1.29 is 9.47 Å². The second kappa shape index (κ2) is 10.1. The fraction of sp³-hybridized carbons (Fsp3) is 0.350. The first-order chi connectivity index (χ1) is 12.6. The van der Waals surface area contributed by atoms with Gasteiger partial charge >= 0.3 is 0 Å². The first kappa shape index (κ1) is 20.1. The number of aliphatic imine (C=N–C) groups is 1. The van der Waals surface area contributed by atoms with Crippen molar-refractivity contribution in [1.29, 1.82) is 0 Å². The van der Waals surface area contributed by atoms with Crippen LogP contribution in [0.2, 0.25) is 0 Å². The monoisotopic (exact) mass is 419 g/mol. The van der Waals surface area contributed by atoms with Gasteiger partial charge in [0.15, 0.2) is 17.5 Å². The van der Waals surface area contributed by atoms with Crippen molar-refractivity contribution >= 4 is 21.9 Å². The van der Waals surface area contributed by atoms with Crippen LogP contribution in [-0.4, -0.2) is 26.7 Å². The number of methoxy groups -OCH3 is 2. The molecule has 0 radical (unpaired) electrons. The summed E-state index contributed by atoms with van der Waals surface area (Å²) in [6, 6.07) is 14.4. The number of ether oxygens (including phenoxy) is 2. The number of hydrogen-bond donors (Lipinski definition) is 2. The third kappa shape index (κ3) is 5.39. The molecule has 140 valence electrons. The number of benzene rings is 2. The number of hydrogen-bond acceptors (Lipinski definition) is 3. The molecule has 1 atom stereocenters. The highest BCUT2D eigenvalue weighted by Gasteiger charge is 2.11. The third-order valence-corrected chi connectivity index (χ3v) is 4.50. The van der Waals surface area contributed by atoms with E-state index in [-0.39, 0.29) is 6.04 Å². The highest BCUT2D eigenvalue weighted by molar-refractivity contribution is 9.10. The molecule has 0 bridgehead atoms. The Hall–Kier alpha value is -2.21. The first-order valence-electron chi connectivity index (χ1n) is 8.59. The van der Waals surface area contributed by atoms with E-state index in [1.807, 2.05) is 30.3 Å². The standard InChI is InChI=1S/C20H26BrN3O2/c1-5-22-20(24-14(2)16-9-7-6-8-10-16)23-13-15-11-17(21)19(26-4)18(12-15)25-3/h6-12,14H,5,13H2,1-4H3,(H2,22,23,24). The molecule has 6 heteroatoms. The molecule has 0 aromatic heterocycles. The smallest absolute Gasteiger partial charge is 0.192 e. The normalized spacial score (nSPS) is 12.4. The Kier molecular flexibility index (Phi) is 7.78. The summed E-state index contributed by atoms with van der Waals surface area (Å²) < 4.78 is 11.6. The maximum absolute atomic E-state index is 5.40. The van der Waals surface area contributed by atoms with E-state index in [1.54, 1.807) is 14.2 Å². The molecule has 0 saturated heterocycles. The van der Waals surface area contributed by atoms with Gasteiger partial charge in [-0.2, -0.15) is 0 Å². The summed E-state index contributed by atoms with van der Waals surface area (Å²) in [6.07, 6.45) is 0. The quantitative estimate of drug-likeness (QED) is 0.519. The first-order valence-corrected chi connectivity index (χ1v) is 9.38. The van der Waals surface area contributed by atoms with Crippen LogP contribution in [0.3, 0.4) is 0 Å². The minimum atomic E-state index is 0.158. The molecule has 0 amide bonds. The lowest BCUT2D eigenvalue weighted by Crippen LogP contribution is -2.38. The second-order valence-electron chi connectivity index (χ2n) is 5.79. The van der Waals surface area contributed by atoms with Crippen molar-refractivity contribution in [3.63, 3.8) is 0 Å². The van der Waals surface area contributed by atoms with Gasteiger partial charge < -0.3 is 20.1 Å².